The molecule has 1 aliphatic heterocycles. The highest BCUT2D eigenvalue weighted by Gasteiger charge is 2.30. The Kier molecular flexibility index (Phi) is 6.01. The molecule has 2 aromatic rings. The summed E-state index contributed by atoms with van der Waals surface area (Å²) in [4.78, 5) is 30.5. The molecule has 1 aliphatic rings. The summed E-state index contributed by atoms with van der Waals surface area (Å²) in [6.07, 6.45) is 1.69. The van der Waals surface area contributed by atoms with E-state index in [0.717, 1.165) is 0 Å². The van der Waals surface area contributed by atoms with Crippen molar-refractivity contribution in [2.45, 2.75) is 26.2 Å². The number of halogens is 2. The maximum Gasteiger partial charge on any atom is 0.308 e. The maximum absolute atomic E-state index is 12.8. The van der Waals surface area contributed by atoms with Crippen molar-refractivity contribution >= 4 is 35.1 Å². The fraction of sp³-hybridized carbons (Fsp3) is 0.444. The second kappa shape index (κ2) is 8.27. The van der Waals surface area contributed by atoms with E-state index in [2.05, 4.69) is 10.1 Å². The van der Waals surface area contributed by atoms with E-state index in [0.29, 0.717) is 53.9 Å². The van der Waals surface area contributed by atoms with Crippen molar-refractivity contribution in [2.75, 3.05) is 20.2 Å². The molecule has 0 saturated carbocycles. The number of aromatic nitrogens is 3. The van der Waals surface area contributed by atoms with Crippen molar-refractivity contribution in [3.63, 3.8) is 0 Å². The highest BCUT2D eigenvalue weighted by Crippen LogP contribution is 2.29. The first kappa shape index (κ1) is 19.6. The molecular weight excluding hydrogens is 391 g/mol. The number of nitrogens with zero attached hydrogens (tertiary/aromatic N) is 4. The van der Waals surface area contributed by atoms with Crippen molar-refractivity contribution in [3.8, 4) is 5.69 Å². The van der Waals surface area contributed by atoms with Gasteiger partial charge in [0.05, 0.1) is 23.1 Å². The van der Waals surface area contributed by atoms with E-state index in [-0.39, 0.29) is 23.6 Å². The number of benzene rings is 1. The number of rotatable bonds is 4. The monoisotopic (exact) mass is 410 g/mol. The van der Waals surface area contributed by atoms with Gasteiger partial charge >= 0.3 is 5.97 Å². The van der Waals surface area contributed by atoms with E-state index in [9.17, 15) is 9.59 Å². The van der Waals surface area contributed by atoms with Crippen molar-refractivity contribution in [3.05, 3.63) is 39.9 Å². The van der Waals surface area contributed by atoms with Gasteiger partial charge in [-0.3, -0.25) is 9.59 Å². The molecule has 144 valence electrons. The zero-order chi connectivity index (χ0) is 19.6. The average molecular weight is 411 g/mol. The average Bonchev–Trinajstić information content (AvgIpc) is 3.10. The third-order valence-electron chi connectivity index (χ3n) is 4.65. The molecule has 7 nitrogen and oxygen atoms in total. The Labute approximate surface area is 167 Å². The topological polar surface area (TPSA) is 77.3 Å². The maximum atomic E-state index is 12.8. The Morgan fingerprint density at radius 3 is 2.41 bits per heavy atom. The summed E-state index contributed by atoms with van der Waals surface area (Å²) in [6, 6.07) is 5.17. The number of aryl methyl sites for hydroxylation is 1. The van der Waals surface area contributed by atoms with Gasteiger partial charge in [0.25, 0.3) is 5.91 Å². The predicted octanol–water partition coefficient (Wildman–Crippen LogP) is 3.16. The Morgan fingerprint density at radius 2 is 1.85 bits per heavy atom. The second-order valence-corrected chi connectivity index (χ2v) is 7.09. The first-order valence-electron chi connectivity index (χ1n) is 8.73. The number of para-hydroxylation sites is 1. The van der Waals surface area contributed by atoms with Crippen LogP contribution in [0.4, 0.5) is 0 Å². The highest BCUT2D eigenvalue weighted by molar-refractivity contribution is 6.37. The standard InChI is InChI=1S/C18H20Cl2N4O3/c1-3-14-21-16(22-24(14)15-12(19)5-4-6-13(15)20)17(25)23-9-7-11(8-10-23)18(26)27-2/h4-6,11H,3,7-10H2,1-2H3. The minimum absolute atomic E-state index is 0.0966. The molecule has 0 atom stereocenters. The van der Waals surface area contributed by atoms with Gasteiger partial charge in [0, 0.05) is 19.5 Å². The van der Waals surface area contributed by atoms with E-state index < -0.39 is 0 Å². The number of likely N-dealkylation sites (tertiary alicyclic amines) is 1. The summed E-state index contributed by atoms with van der Waals surface area (Å²) in [5.41, 5.74) is 0.508. The van der Waals surface area contributed by atoms with Crippen molar-refractivity contribution in [2.24, 2.45) is 5.92 Å². The lowest BCUT2D eigenvalue weighted by Gasteiger charge is -2.29. The molecule has 1 saturated heterocycles. The molecule has 1 fully saturated rings. The van der Waals surface area contributed by atoms with E-state index >= 15 is 0 Å². The lowest BCUT2D eigenvalue weighted by atomic mass is 9.97. The van der Waals surface area contributed by atoms with Gasteiger partial charge in [-0.25, -0.2) is 9.67 Å². The van der Waals surface area contributed by atoms with Crippen LogP contribution in [-0.4, -0.2) is 51.7 Å². The van der Waals surface area contributed by atoms with Gasteiger partial charge in [-0.05, 0) is 25.0 Å². The molecule has 0 spiro atoms. The summed E-state index contributed by atoms with van der Waals surface area (Å²) in [7, 11) is 1.38. The van der Waals surface area contributed by atoms with Crippen LogP contribution in [0.5, 0.6) is 0 Å². The SMILES string of the molecule is CCc1nc(C(=O)N2CCC(C(=O)OC)CC2)nn1-c1c(Cl)cccc1Cl. The zero-order valence-corrected chi connectivity index (χ0v) is 16.6. The number of carbonyl (C=O) groups excluding carboxylic acids is 2. The lowest BCUT2D eigenvalue weighted by Crippen LogP contribution is -2.41. The van der Waals surface area contributed by atoms with E-state index in [4.69, 9.17) is 27.9 Å². The molecule has 2 heterocycles. The number of ether oxygens (including phenoxy) is 1. The fourth-order valence-corrected chi connectivity index (χ4v) is 3.72. The number of methoxy groups -OCH3 is 1. The van der Waals surface area contributed by atoms with Crippen LogP contribution in [0.1, 0.15) is 36.2 Å². The normalized spacial score (nSPS) is 15.0. The molecule has 3 rings (SSSR count). The van der Waals surface area contributed by atoms with E-state index in [1.54, 1.807) is 23.1 Å². The number of esters is 1. The summed E-state index contributed by atoms with van der Waals surface area (Å²) >= 11 is 12.6. The number of hydrogen-bond acceptors (Lipinski definition) is 5. The Balaban J connectivity index is 1.83. The summed E-state index contributed by atoms with van der Waals surface area (Å²) < 4.78 is 6.31. The van der Waals surface area contributed by atoms with Gasteiger partial charge < -0.3 is 9.64 Å². The quantitative estimate of drug-likeness (QED) is 0.723. The summed E-state index contributed by atoms with van der Waals surface area (Å²) in [5.74, 6) is 0.0240. The molecule has 0 radical (unpaired) electrons. The van der Waals surface area contributed by atoms with Crippen LogP contribution in [-0.2, 0) is 16.0 Å². The number of hydrogen-bond donors (Lipinski definition) is 0. The van der Waals surface area contributed by atoms with Gasteiger partial charge in [-0.1, -0.05) is 36.2 Å². The van der Waals surface area contributed by atoms with Crippen LogP contribution >= 0.6 is 23.2 Å². The first-order chi connectivity index (χ1) is 13.0. The molecule has 9 heteroatoms. The molecule has 1 amide bonds. The number of amides is 1. The lowest BCUT2D eigenvalue weighted by molar-refractivity contribution is -0.146. The molecular formula is C18H20Cl2N4O3. The predicted molar refractivity (Wildman–Crippen MR) is 101 cm³/mol. The van der Waals surface area contributed by atoms with Crippen LogP contribution < -0.4 is 0 Å². The summed E-state index contributed by atoms with van der Waals surface area (Å²) in [6.45, 7) is 2.84. The molecule has 0 N–H and O–H groups in total. The highest BCUT2D eigenvalue weighted by atomic mass is 35.5. The largest absolute Gasteiger partial charge is 0.469 e. The minimum Gasteiger partial charge on any atom is -0.469 e. The first-order valence-corrected chi connectivity index (χ1v) is 9.49. The molecule has 27 heavy (non-hydrogen) atoms. The van der Waals surface area contributed by atoms with E-state index in [1.165, 1.54) is 11.8 Å². The molecule has 1 aromatic carbocycles. The van der Waals surface area contributed by atoms with Crippen molar-refractivity contribution in [1.29, 1.82) is 0 Å². The van der Waals surface area contributed by atoms with Crippen LogP contribution in [0.3, 0.4) is 0 Å². The smallest absolute Gasteiger partial charge is 0.308 e. The van der Waals surface area contributed by atoms with Crippen LogP contribution in [0.15, 0.2) is 18.2 Å². The third kappa shape index (κ3) is 3.94. The third-order valence-corrected chi connectivity index (χ3v) is 5.26. The van der Waals surface area contributed by atoms with Gasteiger partial charge in [0.15, 0.2) is 0 Å². The fourth-order valence-electron chi connectivity index (χ4n) is 3.16. The molecule has 0 aliphatic carbocycles. The van der Waals surface area contributed by atoms with Crippen LogP contribution in [0, 0.1) is 5.92 Å². The molecule has 0 bridgehead atoms. The summed E-state index contributed by atoms with van der Waals surface area (Å²) in [5, 5.41) is 5.23. The second-order valence-electron chi connectivity index (χ2n) is 6.28. The van der Waals surface area contributed by atoms with Crippen molar-refractivity contribution < 1.29 is 14.3 Å². The Morgan fingerprint density at radius 1 is 1.22 bits per heavy atom. The number of carbonyl (C=O) groups is 2. The Bertz CT molecular complexity index is 840. The van der Waals surface area contributed by atoms with Gasteiger partial charge in [0.2, 0.25) is 5.82 Å². The minimum atomic E-state index is -0.269. The van der Waals surface area contributed by atoms with Crippen LogP contribution in [0.2, 0.25) is 10.0 Å². The molecule has 0 unspecified atom stereocenters. The van der Waals surface area contributed by atoms with Gasteiger partial charge in [0.1, 0.15) is 11.5 Å². The zero-order valence-electron chi connectivity index (χ0n) is 15.1. The van der Waals surface area contributed by atoms with Gasteiger partial charge in [-0.2, -0.15) is 0 Å². The van der Waals surface area contributed by atoms with Crippen molar-refractivity contribution in [1.82, 2.24) is 19.7 Å². The van der Waals surface area contributed by atoms with E-state index in [1.807, 2.05) is 6.92 Å². The van der Waals surface area contributed by atoms with Gasteiger partial charge in [-0.15, -0.1) is 5.10 Å². The van der Waals surface area contributed by atoms with Crippen LogP contribution in [0.25, 0.3) is 5.69 Å². The Hall–Kier alpha value is -2.12. The number of piperidine rings is 1. The molecule has 1 aromatic heterocycles.